The van der Waals surface area contributed by atoms with E-state index in [-0.39, 0.29) is 5.97 Å². The monoisotopic (exact) mass is 209 g/mol. The maximum atomic E-state index is 11.9. The van der Waals surface area contributed by atoms with Gasteiger partial charge >= 0.3 is 5.97 Å². The van der Waals surface area contributed by atoms with Gasteiger partial charge in [0.25, 0.3) is 0 Å². The van der Waals surface area contributed by atoms with Crippen molar-refractivity contribution < 1.29 is 9.53 Å². The van der Waals surface area contributed by atoms with Crippen molar-refractivity contribution in [3.8, 4) is 0 Å². The number of nitrogens with two attached hydrogens (primary N) is 1. The van der Waals surface area contributed by atoms with E-state index in [4.69, 9.17) is 10.5 Å². The summed E-state index contributed by atoms with van der Waals surface area (Å²) in [6, 6.07) is 0. The minimum absolute atomic E-state index is 0.170. The third-order valence-electron chi connectivity index (χ3n) is 5.03. The minimum Gasteiger partial charge on any atom is -0.468 e. The zero-order chi connectivity index (χ0) is 10.6. The molecule has 4 bridgehead atoms. The van der Waals surface area contributed by atoms with E-state index >= 15 is 0 Å². The normalized spacial score (nSPS) is 51.9. The second-order valence-corrected chi connectivity index (χ2v) is 5.73. The number of ether oxygens (including phenoxy) is 1. The first kappa shape index (κ1) is 9.64. The molecule has 0 unspecified atom stereocenters. The molecule has 3 heteroatoms. The second-order valence-electron chi connectivity index (χ2n) is 5.73. The highest BCUT2D eigenvalue weighted by atomic mass is 16.5. The average Bonchev–Trinajstić information content (AvgIpc) is 2.23. The maximum absolute atomic E-state index is 11.9. The lowest BCUT2D eigenvalue weighted by atomic mass is 9.49. The van der Waals surface area contributed by atoms with Crippen molar-refractivity contribution in [2.45, 2.75) is 37.6 Å². The van der Waals surface area contributed by atoms with Gasteiger partial charge in [0.05, 0.1) is 7.11 Å². The summed E-state index contributed by atoms with van der Waals surface area (Å²) in [7, 11) is 1.46. The molecule has 84 valence electrons. The van der Waals surface area contributed by atoms with Gasteiger partial charge in [-0.3, -0.25) is 4.79 Å². The molecule has 0 amide bonds. The predicted octanol–water partition coefficient (Wildman–Crippen LogP) is 1.31. The predicted molar refractivity (Wildman–Crippen MR) is 56.0 cm³/mol. The minimum atomic E-state index is -0.651. The molecule has 4 saturated carbocycles. The number of methoxy groups -OCH3 is 1. The first-order valence-corrected chi connectivity index (χ1v) is 6.02. The van der Waals surface area contributed by atoms with Crippen LogP contribution in [0.1, 0.15) is 32.1 Å². The summed E-state index contributed by atoms with van der Waals surface area (Å²) in [5, 5.41) is 0. The van der Waals surface area contributed by atoms with Crippen molar-refractivity contribution >= 4 is 5.97 Å². The van der Waals surface area contributed by atoms with Gasteiger partial charge in [-0.05, 0) is 55.8 Å². The molecule has 0 aliphatic heterocycles. The van der Waals surface area contributed by atoms with Crippen molar-refractivity contribution in [1.29, 1.82) is 0 Å². The molecule has 3 nitrogen and oxygen atoms in total. The molecule has 0 heterocycles. The molecule has 4 aliphatic carbocycles. The standard InChI is InChI=1S/C12H19NO2/c1-15-11(14)12(13)9-3-7-2-8(5-9)6-10(12)4-7/h7-10H,2-6,13H2,1H3. The fraction of sp³-hybridized carbons (Fsp3) is 0.917. The molecule has 0 radical (unpaired) electrons. The molecule has 0 aromatic rings. The molecule has 4 fully saturated rings. The fourth-order valence-corrected chi connectivity index (χ4v) is 4.47. The highest BCUT2D eigenvalue weighted by Gasteiger charge is 2.59. The summed E-state index contributed by atoms with van der Waals surface area (Å²) in [4.78, 5) is 11.9. The van der Waals surface area contributed by atoms with Crippen LogP contribution in [-0.2, 0) is 9.53 Å². The van der Waals surface area contributed by atoms with Gasteiger partial charge in [-0.15, -0.1) is 0 Å². The molecular weight excluding hydrogens is 190 g/mol. The van der Waals surface area contributed by atoms with Crippen molar-refractivity contribution in [1.82, 2.24) is 0 Å². The van der Waals surface area contributed by atoms with Crippen molar-refractivity contribution in [2.75, 3.05) is 7.11 Å². The molecule has 0 spiro atoms. The molecule has 0 aromatic heterocycles. The highest BCUT2D eigenvalue weighted by molar-refractivity contribution is 5.82. The summed E-state index contributed by atoms with van der Waals surface area (Å²) < 4.78 is 4.92. The zero-order valence-electron chi connectivity index (χ0n) is 9.24. The van der Waals surface area contributed by atoms with Crippen LogP contribution in [0.15, 0.2) is 0 Å². The van der Waals surface area contributed by atoms with Crippen LogP contribution in [0.2, 0.25) is 0 Å². The fourth-order valence-electron chi connectivity index (χ4n) is 4.47. The van der Waals surface area contributed by atoms with Crippen LogP contribution in [0.4, 0.5) is 0 Å². The van der Waals surface area contributed by atoms with E-state index in [2.05, 4.69) is 0 Å². The summed E-state index contributed by atoms with van der Waals surface area (Å²) in [5.74, 6) is 2.29. The van der Waals surface area contributed by atoms with Gasteiger partial charge in [0.15, 0.2) is 0 Å². The lowest BCUT2D eigenvalue weighted by Crippen LogP contribution is -2.67. The van der Waals surface area contributed by atoms with Gasteiger partial charge in [-0.25, -0.2) is 0 Å². The summed E-state index contributed by atoms with van der Waals surface area (Å²) in [5.41, 5.74) is 5.72. The van der Waals surface area contributed by atoms with Gasteiger partial charge in [0.1, 0.15) is 5.54 Å². The Labute approximate surface area is 90.4 Å². The molecule has 0 saturated heterocycles. The summed E-state index contributed by atoms with van der Waals surface area (Å²) >= 11 is 0. The third kappa shape index (κ3) is 1.13. The topological polar surface area (TPSA) is 52.3 Å². The van der Waals surface area contributed by atoms with Crippen LogP contribution >= 0.6 is 0 Å². The first-order valence-electron chi connectivity index (χ1n) is 6.02. The zero-order valence-corrected chi connectivity index (χ0v) is 9.24. The van der Waals surface area contributed by atoms with Crippen LogP contribution in [-0.4, -0.2) is 18.6 Å². The van der Waals surface area contributed by atoms with Crippen LogP contribution in [0.25, 0.3) is 0 Å². The van der Waals surface area contributed by atoms with E-state index in [1.165, 1.54) is 13.5 Å². The molecule has 0 aromatic carbocycles. The SMILES string of the molecule is COC(=O)C1(N)C2CC3CC(C2)CC1C3. The first-order chi connectivity index (χ1) is 7.14. The Kier molecular flexibility index (Phi) is 1.91. The van der Waals surface area contributed by atoms with Crippen molar-refractivity contribution in [3.63, 3.8) is 0 Å². The summed E-state index contributed by atoms with van der Waals surface area (Å²) in [6.07, 6.45) is 5.98. The molecular formula is C12H19NO2. The van der Waals surface area contributed by atoms with Gasteiger partial charge < -0.3 is 10.5 Å². The number of hydrogen-bond acceptors (Lipinski definition) is 3. The van der Waals surface area contributed by atoms with Crippen LogP contribution in [0.5, 0.6) is 0 Å². The Bertz CT molecular complexity index is 272. The number of rotatable bonds is 1. The van der Waals surface area contributed by atoms with E-state index < -0.39 is 5.54 Å². The van der Waals surface area contributed by atoms with Gasteiger partial charge in [-0.2, -0.15) is 0 Å². The molecule has 4 rings (SSSR count). The van der Waals surface area contributed by atoms with Crippen LogP contribution < -0.4 is 5.73 Å². The lowest BCUT2D eigenvalue weighted by molar-refractivity contribution is -0.163. The molecule has 2 N–H and O–H groups in total. The maximum Gasteiger partial charge on any atom is 0.326 e. The lowest BCUT2D eigenvalue weighted by Gasteiger charge is -2.58. The van der Waals surface area contributed by atoms with E-state index in [1.807, 2.05) is 0 Å². The van der Waals surface area contributed by atoms with Gasteiger partial charge in [0, 0.05) is 0 Å². The van der Waals surface area contributed by atoms with Gasteiger partial charge in [-0.1, -0.05) is 0 Å². The third-order valence-corrected chi connectivity index (χ3v) is 5.03. The van der Waals surface area contributed by atoms with Gasteiger partial charge in [0.2, 0.25) is 0 Å². The molecule has 15 heavy (non-hydrogen) atoms. The Morgan fingerprint density at radius 1 is 1.13 bits per heavy atom. The summed E-state index contributed by atoms with van der Waals surface area (Å²) in [6.45, 7) is 0. The number of carbonyl (C=O) groups is 1. The highest BCUT2D eigenvalue weighted by Crippen LogP contribution is 2.57. The smallest absolute Gasteiger partial charge is 0.326 e. The Morgan fingerprint density at radius 3 is 2.00 bits per heavy atom. The second kappa shape index (κ2) is 2.97. The van der Waals surface area contributed by atoms with E-state index in [0.717, 1.165) is 37.5 Å². The van der Waals surface area contributed by atoms with Crippen molar-refractivity contribution in [2.24, 2.45) is 29.4 Å². The Hall–Kier alpha value is -0.570. The van der Waals surface area contributed by atoms with E-state index in [9.17, 15) is 4.79 Å². The molecule has 4 aliphatic rings. The quantitative estimate of drug-likeness (QED) is 0.662. The average molecular weight is 209 g/mol. The van der Waals surface area contributed by atoms with Crippen LogP contribution in [0, 0.1) is 23.7 Å². The number of hydrogen-bond donors (Lipinski definition) is 1. The number of esters is 1. The number of carbonyl (C=O) groups excluding carboxylic acids is 1. The van der Waals surface area contributed by atoms with E-state index in [0.29, 0.717) is 11.8 Å². The van der Waals surface area contributed by atoms with E-state index in [1.54, 1.807) is 0 Å². The van der Waals surface area contributed by atoms with Crippen LogP contribution in [0.3, 0.4) is 0 Å². The largest absolute Gasteiger partial charge is 0.468 e. The van der Waals surface area contributed by atoms with Crippen molar-refractivity contribution in [3.05, 3.63) is 0 Å². The Morgan fingerprint density at radius 2 is 1.60 bits per heavy atom. The molecule has 0 atom stereocenters. The Balaban J connectivity index is 1.94.